The monoisotopic (exact) mass is 388 g/mol. The van der Waals surface area contributed by atoms with Crippen molar-refractivity contribution in [3.8, 4) is 5.75 Å². The molecule has 2 amide bonds. The fourth-order valence-electron chi connectivity index (χ4n) is 4.82. The maximum absolute atomic E-state index is 12.8. The van der Waals surface area contributed by atoms with Crippen molar-refractivity contribution in [1.29, 1.82) is 0 Å². The van der Waals surface area contributed by atoms with Crippen LogP contribution in [0.2, 0.25) is 0 Å². The summed E-state index contributed by atoms with van der Waals surface area (Å²) in [4.78, 5) is 25.9. The van der Waals surface area contributed by atoms with E-state index in [2.05, 4.69) is 5.32 Å². The Morgan fingerprint density at radius 2 is 2.00 bits per heavy atom. The molecule has 7 nitrogen and oxygen atoms in total. The third-order valence-corrected chi connectivity index (χ3v) is 6.37. The zero-order valence-corrected chi connectivity index (χ0v) is 16.0. The number of benzene rings is 1. The first kappa shape index (κ1) is 19.2. The third-order valence-electron chi connectivity index (χ3n) is 6.37. The Bertz CT molecular complexity index is 759. The van der Waals surface area contributed by atoms with Crippen molar-refractivity contribution < 1.29 is 24.5 Å². The minimum atomic E-state index is -0.920. The van der Waals surface area contributed by atoms with Gasteiger partial charge in [-0.3, -0.25) is 9.59 Å². The molecule has 2 fully saturated rings. The molecule has 7 heteroatoms. The summed E-state index contributed by atoms with van der Waals surface area (Å²) in [5.41, 5.74) is 1.71. The summed E-state index contributed by atoms with van der Waals surface area (Å²) in [7, 11) is 0. The molecule has 2 atom stereocenters. The van der Waals surface area contributed by atoms with Gasteiger partial charge in [-0.05, 0) is 54.9 Å². The van der Waals surface area contributed by atoms with Gasteiger partial charge in [0.05, 0.1) is 12.2 Å². The van der Waals surface area contributed by atoms with Crippen LogP contribution in [0.5, 0.6) is 5.75 Å². The zero-order chi connectivity index (χ0) is 19.7. The van der Waals surface area contributed by atoms with Gasteiger partial charge in [0.25, 0.3) is 5.91 Å². The number of fused-ring (bicyclic) bond motifs is 1. The van der Waals surface area contributed by atoms with E-state index in [1.807, 2.05) is 6.07 Å². The Morgan fingerprint density at radius 1 is 1.21 bits per heavy atom. The van der Waals surface area contributed by atoms with Crippen molar-refractivity contribution in [3.63, 3.8) is 0 Å². The molecule has 1 aromatic carbocycles. The minimum Gasteiger partial charge on any atom is -0.484 e. The molecule has 4 rings (SSSR count). The number of aryl methyl sites for hydroxylation is 1. The van der Waals surface area contributed by atoms with E-state index < -0.39 is 12.2 Å². The van der Waals surface area contributed by atoms with Gasteiger partial charge >= 0.3 is 0 Å². The summed E-state index contributed by atoms with van der Waals surface area (Å²) in [5.74, 6) is 0.429. The van der Waals surface area contributed by atoms with E-state index in [0.717, 1.165) is 36.9 Å². The Kier molecular flexibility index (Phi) is 5.29. The molecule has 0 unspecified atom stereocenters. The fraction of sp³-hybridized carbons (Fsp3) is 0.619. The fourth-order valence-corrected chi connectivity index (χ4v) is 4.82. The third kappa shape index (κ3) is 4.00. The molecule has 1 aromatic rings. The van der Waals surface area contributed by atoms with Crippen LogP contribution in [-0.4, -0.2) is 58.8 Å². The molecular weight excluding hydrogens is 360 g/mol. The van der Waals surface area contributed by atoms with Crippen LogP contribution in [0, 0.1) is 5.41 Å². The summed E-state index contributed by atoms with van der Waals surface area (Å²) in [6.07, 6.45) is 4.13. The van der Waals surface area contributed by atoms with E-state index in [1.165, 1.54) is 0 Å². The smallest absolute Gasteiger partial charge is 0.260 e. The highest BCUT2D eigenvalue weighted by molar-refractivity contribution is 5.94. The number of aliphatic hydroxyl groups excluding tert-OH is 2. The molecule has 3 aliphatic rings. The zero-order valence-electron chi connectivity index (χ0n) is 16.0. The predicted molar refractivity (Wildman–Crippen MR) is 103 cm³/mol. The van der Waals surface area contributed by atoms with Crippen LogP contribution in [0.3, 0.4) is 0 Å². The lowest BCUT2D eigenvalue weighted by Gasteiger charge is -2.32. The molecule has 0 aromatic heterocycles. The number of hydrogen-bond acceptors (Lipinski definition) is 5. The summed E-state index contributed by atoms with van der Waals surface area (Å²) in [6, 6.07) is 5.41. The van der Waals surface area contributed by atoms with E-state index in [-0.39, 0.29) is 30.4 Å². The van der Waals surface area contributed by atoms with Crippen LogP contribution in [0.25, 0.3) is 0 Å². The molecule has 152 valence electrons. The van der Waals surface area contributed by atoms with Gasteiger partial charge in [0.15, 0.2) is 6.61 Å². The first-order valence-electron chi connectivity index (χ1n) is 10.1. The van der Waals surface area contributed by atoms with Crippen molar-refractivity contribution in [2.45, 2.75) is 57.2 Å². The van der Waals surface area contributed by atoms with E-state index in [4.69, 9.17) is 4.74 Å². The van der Waals surface area contributed by atoms with Crippen LogP contribution >= 0.6 is 0 Å². The molecule has 3 N–H and O–H groups in total. The molecule has 1 saturated heterocycles. The lowest BCUT2D eigenvalue weighted by molar-refractivity contribution is -0.136. The van der Waals surface area contributed by atoms with Crippen LogP contribution < -0.4 is 10.1 Å². The average Bonchev–Trinajstić information content (AvgIpc) is 3.08. The molecule has 2 aliphatic heterocycles. The summed E-state index contributed by atoms with van der Waals surface area (Å²) < 4.78 is 5.72. The molecule has 2 heterocycles. The molecule has 1 aliphatic carbocycles. The van der Waals surface area contributed by atoms with E-state index in [1.54, 1.807) is 17.0 Å². The van der Waals surface area contributed by atoms with Crippen LogP contribution in [0.4, 0.5) is 5.69 Å². The number of carbonyl (C=O) groups is 2. The van der Waals surface area contributed by atoms with Crippen LogP contribution in [0.1, 0.15) is 44.1 Å². The Balaban J connectivity index is 1.41. The van der Waals surface area contributed by atoms with Gasteiger partial charge < -0.3 is 25.2 Å². The molecule has 1 saturated carbocycles. The lowest BCUT2D eigenvalue weighted by atomic mass is 9.80. The average molecular weight is 388 g/mol. The van der Waals surface area contributed by atoms with Gasteiger partial charge in [0.2, 0.25) is 5.91 Å². The second kappa shape index (κ2) is 7.72. The minimum absolute atomic E-state index is 0.0131. The van der Waals surface area contributed by atoms with E-state index in [9.17, 15) is 19.8 Å². The van der Waals surface area contributed by atoms with E-state index in [0.29, 0.717) is 31.6 Å². The normalized spacial score (nSPS) is 26.5. The number of nitrogens with one attached hydrogen (secondary N) is 1. The molecule has 0 bridgehead atoms. The number of carbonyl (C=O) groups excluding carboxylic acids is 2. The summed E-state index contributed by atoms with van der Waals surface area (Å²) >= 11 is 0. The number of nitrogens with zero attached hydrogens (tertiary/aromatic N) is 1. The number of β-amino-alcohol motifs (C(OH)–C–C–N with tert-alkyl or cyclic N) is 1. The van der Waals surface area contributed by atoms with Crippen molar-refractivity contribution in [2.75, 3.05) is 25.0 Å². The number of rotatable bonds is 3. The number of likely N-dealkylation sites (tertiary alicyclic amines) is 1. The number of aliphatic hydroxyl groups is 2. The van der Waals surface area contributed by atoms with Crippen LogP contribution in [-0.2, 0) is 16.0 Å². The van der Waals surface area contributed by atoms with Crippen molar-refractivity contribution in [1.82, 2.24) is 4.90 Å². The Hall–Kier alpha value is -2.12. The summed E-state index contributed by atoms with van der Waals surface area (Å²) in [6.45, 7) is 0.602. The predicted octanol–water partition coefficient (Wildman–Crippen LogP) is 1.46. The highest BCUT2D eigenvalue weighted by atomic mass is 16.5. The first-order valence-corrected chi connectivity index (χ1v) is 10.1. The van der Waals surface area contributed by atoms with Gasteiger partial charge in [-0.1, -0.05) is 12.8 Å². The highest BCUT2D eigenvalue weighted by Gasteiger charge is 2.43. The van der Waals surface area contributed by atoms with Gasteiger partial charge in [-0.25, -0.2) is 0 Å². The molecule has 28 heavy (non-hydrogen) atoms. The summed E-state index contributed by atoms with van der Waals surface area (Å²) in [5, 5.41) is 23.3. The van der Waals surface area contributed by atoms with Crippen LogP contribution in [0.15, 0.2) is 18.2 Å². The standard InChI is InChI=1S/C21H28N2O5/c24-17-10-21(7-1-2-8-21)13-23(11-18(17)25)20(27)12-28-15-4-5-16-14(9-15)3-6-19(26)22-16/h4-5,9,17-18,24-25H,1-3,6-8,10-13H2,(H,22,26)/t17-,18+/m0/s1. The molecular formula is C21H28N2O5. The number of amides is 2. The first-order chi connectivity index (χ1) is 13.4. The molecule has 0 radical (unpaired) electrons. The topological polar surface area (TPSA) is 99.1 Å². The quantitative estimate of drug-likeness (QED) is 0.728. The van der Waals surface area contributed by atoms with Gasteiger partial charge in [0.1, 0.15) is 5.75 Å². The second-order valence-electron chi connectivity index (χ2n) is 8.48. The number of anilines is 1. The Morgan fingerprint density at radius 3 is 2.79 bits per heavy atom. The van der Waals surface area contributed by atoms with Gasteiger partial charge in [0, 0.05) is 25.2 Å². The lowest BCUT2D eigenvalue weighted by Crippen LogP contribution is -2.43. The number of hydrogen-bond donors (Lipinski definition) is 3. The van der Waals surface area contributed by atoms with Crippen molar-refractivity contribution >= 4 is 17.5 Å². The maximum atomic E-state index is 12.8. The number of ether oxygens (including phenoxy) is 1. The van der Waals surface area contributed by atoms with Crippen molar-refractivity contribution in [2.24, 2.45) is 5.41 Å². The second-order valence-corrected chi connectivity index (χ2v) is 8.48. The van der Waals surface area contributed by atoms with Gasteiger partial charge in [-0.2, -0.15) is 0 Å². The SMILES string of the molecule is O=C1CCc2cc(OCC(=O)N3C[C@@H](O)[C@@H](O)CC4(CCCC4)C3)ccc2N1. The Labute approximate surface area is 164 Å². The van der Waals surface area contributed by atoms with Crippen molar-refractivity contribution in [3.05, 3.63) is 23.8 Å². The van der Waals surface area contributed by atoms with E-state index >= 15 is 0 Å². The van der Waals surface area contributed by atoms with Gasteiger partial charge in [-0.15, -0.1) is 0 Å². The maximum Gasteiger partial charge on any atom is 0.260 e. The largest absolute Gasteiger partial charge is 0.484 e. The molecule has 1 spiro atoms. The highest BCUT2D eigenvalue weighted by Crippen LogP contribution is 2.44.